The van der Waals surface area contributed by atoms with Crippen LogP contribution in [0.3, 0.4) is 0 Å². The summed E-state index contributed by atoms with van der Waals surface area (Å²) in [4.78, 5) is 17.2. The standard InChI is InChI=1S/C23H22N2O4/c1-14-18-13-21(29-22(18)17-6-4-5-7-19(17)25-14)23(26)24-11-10-15-8-9-16(27-2)12-20(15)28-3/h4-9,12-13H,10-11H2,1-3H3,(H,24,26). The van der Waals surface area contributed by atoms with Gasteiger partial charge in [0.05, 0.1) is 19.7 Å². The van der Waals surface area contributed by atoms with E-state index in [9.17, 15) is 4.79 Å². The van der Waals surface area contributed by atoms with Crippen LogP contribution in [0.25, 0.3) is 21.9 Å². The monoisotopic (exact) mass is 390 g/mol. The number of aromatic nitrogens is 1. The number of para-hydroxylation sites is 1. The highest BCUT2D eigenvalue weighted by Gasteiger charge is 2.16. The lowest BCUT2D eigenvalue weighted by molar-refractivity contribution is 0.0928. The van der Waals surface area contributed by atoms with Crippen LogP contribution in [0.5, 0.6) is 11.5 Å². The Hall–Kier alpha value is -3.54. The van der Waals surface area contributed by atoms with E-state index in [4.69, 9.17) is 13.9 Å². The molecule has 6 nitrogen and oxygen atoms in total. The molecule has 0 unspecified atom stereocenters. The molecule has 2 aromatic heterocycles. The number of aryl methyl sites for hydroxylation is 1. The number of amides is 1. The fraction of sp³-hybridized carbons (Fsp3) is 0.217. The molecule has 0 aliphatic heterocycles. The van der Waals surface area contributed by atoms with Crippen molar-refractivity contribution in [3.05, 3.63) is 65.5 Å². The fourth-order valence-electron chi connectivity index (χ4n) is 3.43. The highest BCUT2D eigenvalue weighted by molar-refractivity contribution is 6.06. The Morgan fingerprint density at radius 1 is 1.07 bits per heavy atom. The van der Waals surface area contributed by atoms with Crippen molar-refractivity contribution < 1.29 is 18.7 Å². The van der Waals surface area contributed by atoms with E-state index in [1.54, 1.807) is 20.3 Å². The van der Waals surface area contributed by atoms with Crippen LogP contribution in [0, 0.1) is 6.92 Å². The van der Waals surface area contributed by atoms with Crippen LogP contribution in [-0.2, 0) is 6.42 Å². The average Bonchev–Trinajstić information content (AvgIpc) is 3.20. The molecule has 2 aromatic carbocycles. The van der Waals surface area contributed by atoms with Crippen LogP contribution in [0.4, 0.5) is 0 Å². The van der Waals surface area contributed by atoms with Gasteiger partial charge in [-0.05, 0) is 43.2 Å². The molecular formula is C23H22N2O4. The molecule has 4 aromatic rings. The van der Waals surface area contributed by atoms with Crippen molar-refractivity contribution in [1.82, 2.24) is 10.3 Å². The topological polar surface area (TPSA) is 73.6 Å². The molecule has 29 heavy (non-hydrogen) atoms. The van der Waals surface area contributed by atoms with E-state index in [1.165, 1.54) is 0 Å². The largest absolute Gasteiger partial charge is 0.497 e. The summed E-state index contributed by atoms with van der Waals surface area (Å²) in [7, 11) is 3.23. The van der Waals surface area contributed by atoms with Gasteiger partial charge in [-0.25, -0.2) is 0 Å². The summed E-state index contributed by atoms with van der Waals surface area (Å²) in [5.74, 6) is 1.49. The quantitative estimate of drug-likeness (QED) is 0.532. The fourth-order valence-corrected chi connectivity index (χ4v) is 3.43. The minimum absolute atomic E-state index is 0.253. The van der Waals surface area contributed by atoms with E-state index in [0.29, 0.717) is 18.5 Å². The summed E-state index contributed by atoms with van der Waals surface area (Å²) >= 11 is 0. The number of fused-ring (bicyclic) bond motifs is 3. The zero-order chi connectivity index (χ0) is 20.4. The highest BCUT2D eigenvalue weighted by atomic mass is 16.5. The van der Waals surface area contributed by atoms with Gasteiger partial charge < -0.3 is 19.2 Å². The van der Waals surface area contributed by atoms with Crippen molar-refractivity contribution in [1.29, 1.82) is 0 Å². The summed E-state index contributed by atoms with van der Waals surface area (Å²) < 4.78 is 16.5. The average molecular weight is 390 g/mol. The first-order valence-corrected chi connectivity index (χ1v) is 9.38. The molecular weight excluding hydrogens is 368 g/mol. The van der Waals surface area contributed by atoms with Gasteiger partial charge in [0, 0.05) is 29.1 Å². The van der Waals surface area contributed by atoms with E-state index in [-0.39, 0.29) is 11.7 Å². The molecule has 0 spiro atoms. The van der Waals surface area contributed by atoms with Gasteiger partial charge in [0.1, 0.15) is 17.1 Å². The van der Waals surface area contributed by atoms with Gasteiger partial charge in [-0.3, -0.25) is 9.78 Å². The Morgan fingerprint density at radius 2 is 1.90 bits per heavy atom. The van der Waals surface area contributed by atoms with E-state index < -0.39 is 0 Å². The summed E-state index contributed by atoms with van der Waals surface area (Å²) in [6.07, 6.45) is 0.628. The maximum Gasteiger partial charge on any atom is 0.287 e. The molecule has 0 bridgehead atoms. The molecule has 0 radical (unpaired) electrons. The number of carbonyl (C=O) groups is 1. The molecule has 0 aliphatic rings. The van der Waals surface area contributed by atoms with Crippen LogP contribution >= 0.6 is 0 Å². The second kappa shape index (κ2) is 7.83. The minimum atomic E-state index is -0.253. The van der Waals surface area contributed by atoms with Crippen LogP contribution in [-0.4, -0.2) is 31.7 Å². The number of nitrogens with one attached hydrogen (secondary N) is 1. The maximum absolute atomic E-state index is 12.6. The second-order valence-electron chi connectivity index (χ2n) is 6.75. The van der Waals surface area contributed by atoms with Gasteiger partial charge in [0.15, 0.2) is 5.76 Å². The van der Waals surface area contributed by atoms with Gasteiger partial charge in [0.2, 0.25) is 0 Å². The number of nitrogens with zero attached hydrogens (tertiary/aromatic N) is 1. The molecule has 0 fully saturated rings. The number of ether oxygens (including phenoxy) is 2. The van der Waals surface area contributed by atoms with Crippen molar-refractivity contribution in [2.45, 2.75) is 13.3 Å². The van der Waals surface area contributed by atoms with Crippen molar-refractivity contribution >= 4 is 27.8 Å². The van der Waals surface area contributed by atoms with Crippen LogP contribution in [0.15, 0.2) is 52.9 Å². The van der Waals surface area contributed by atoms with Gasteiger partial charge in [-0.15, -0.1) is 0 Å². The molecule has 1 N–H and O–H groups in total. The van der Waals surface area contributed by atoms with Gasteiger partial charge in [-0.1, -0.05) is 18.2 Å². The Balaban J connectivity index is 1.51. The molecule has 0 saturated heterocycles. The molecule has 2 heterocycles. The summed E-state index contributed by atoms with van der Waals surface area (Å²) in [6.45, 7) is 2.37. The lowest BCUT2D eigenvalue weighted by Gasteiger charge is -2.10. The van der Waals surface area contributed by atoms with Crippen molar-refractivity contribution in [2.24, 2.45) is 0 Å². The van der Waals surface area contributed by atoms with Gasteiger partial charge >= 0.3 is 0 Å². The molecule has 4 rings (SSSR count). The first kappa shape index (κ1) is 18.8. The lowest BCUT2D eigenvalue weighted by Crippen LogP contribution is -2.25. The number of pyridine rings is 1. The Kier molecular flexibility index (Phi) is 5.08. The predicted octanol–water partition coefficient (Wildman–Crippen LogP) is 4.28. The highest BCUT2D eigenvalue weighted by Crippen LogP contribution is 2.29. The third-order valence-electron chi connectivity index (χ3n) is 4.96. The van der Waals surface area contributed by atoms with E-state index in [1.807, 2.05) is 49.4 Å². The summed E-state index contributed by atoms with van der Waals surface area (Å²) in [5, 5.41) is 4.67. The van der Waals surface area contributed by atoms with E-state index in [0.717, 1.165) is 39.0 Å². The first-order valence-electron chi connectivity index (χ1n) is 9.38. The minimum Gasteiger partial charge on any atom is -0.497 e. The van der Waals surface area contributed by atoms with Crippen LogP contribution < -0.4 is 14.8 Å². The predicted molar refractivity (Wildman–Crippen MR) is 112 cm³/mol. The lowest BCUT2D eigenvalue weighted by atomic mass is 10.1. The van der Waals surface area contributed by atoms with Crippen molar-refractivity contribution in [2.75, 3.05) is 20.8 Å². The molecule has 0 saturated carbocycles. The SMILES string of the molecule is COc1ccc(CCNC(=O)c2cc3c(C)nc4ccccc4c3o2)c(OC)c1. The number of hydrogen-bond acceptors (Lipinski definition) is 5. The molecule has 0 atom stereocenters. The number of rotatable bonds is 6. The number of methoxy groups -OCH3 is 2. The summed E-state index contributed by atoms with van der Waals surface area (Å²) in [6, 6.07) is 15.2. The number of carbonyl (C=O) groups excluding carboxylic acids is 1. The van der Waals surface area contributed by atoms with Gasteiger partial charge in [-0.2, -0.15) is 0 Å². The van der Waals surface area contributed by atoms with Crippen molar-refractivity contribution in [3.8, 4) is 11.5 Å². The Labute approximate surface area is 168 Å². The Bertz CT molecular complexity index is 1200. The molecule has 0 aliphatic carbocycles. The first-order chi connectivity index (χ1) is 14.1. The van der Waals surface area contributed by atoms with E-state index >= 15 is 0 Å². The van der Waals surface area contributed by atoms with E-state index in [2.05, 4.69) is 10.3 Å². The normalized spacial score (nSPS) is 11.0. The summed E-state index contributed by atoms with van der Waals surface area (Å²) in [5.41, 5.74) is 3.37. The zero-order valence-electron chi connectivity index (χ0n) is 16.6. The molecule has 148 valence electrons. The zero-order valence-corrected chi connectivity index (χ0v) is 16.6. The third kappa shape index (κ3) is 3.61. The van der Waals surface area contributed by atoms with Gasteiger partial charge in [0.25, 0.3) is 5.91 Å². The number of benzene rings is 2. The molecule has 1 amide bonds. The van der Waals surface area contributed by atoms with Crippen molar-refractivity contribution in [3.63, 3.8) is 0 Å². The molecule has 6 heteroatoms. The Morgan fingerprint density at radius 3 is 2.69 bits per heavy atom. The van der Waals surface area contributed by atoms with Crippen LogP contribution in [0.1, 0.15) is 21.8 Å². The second-order valence-corrected chi connectivity index (χ2v) is 6.75. The number of furan rings is 1. The maximum atomic E-state index is 12.6. The third-order valence-corrected chi connectivity index (χ3v) is 4.96. The smallest absolute Gasteiger partial charge is 0.287 e. The van der Waals surface area contributed by atoms with Crippen LogP contribution in [0.2, 0.25) is 0 Å². The number of hydrogen-bond donors (Lipinski definition) is 1.